The molecular formula is C15H11BrF2N2S. The standard InChI is InChI=1S/C15H11BrF2N2S/c1-8(9-2-4-10(17)5-3-9)20-14-7-12(18)11(16)6-13(14)19-15(20)21/h2-8H,1H3,(H,19,21). The van der Waals surface area contributed by atoms with Crippen LogP contribution < -0.4 is 0 Å². The van der Waals surface area contributed by atoms with E-state index in [4.69, 9.17) is 12.2 Å². The first kappa shape index (κ1) is 14.4. The Morgan fingerprint density at radius 2 is 1.86 bits per heavy atom. The third-order valence-electron chi connectivity index (χ3n) is 3.50. The average molecular weight is 369 g/mol. The molecule has 1 aromatic heterocycles. The van der Waals surface area contributed by atoms with Crippen molar-refractivity contribution in [2.24, 2.45) is 0 Å². The highest BCUT2D eigenvalue weighted by atomic mass is 79.9. The average Bonchev–Trinajstić information content (AvgIpc) is 2.75. The number of nitrogens with zero attached hydrogens (tertiary/aromatic N) is 1. The Labute approximate surface area is 133 Å². The second-order valence-electron chi connectivity index (χ2n) is 4.81. The van der Waals surface area contributed by atoms with Gasteiger partial charge in [0, 0.05) is 6.07 Å². The fourth-order valence-electron chi connectivity index (χ4n) is 2.40. The van der Waals surface area contributed by atoms with E-state index in [-0.39, 0.29) is 17.7 Å². The number of aromatic nitrogens is 2. The maximum absolute atomic E-state index is 13.8. The topological polar surface area (TPSA) is 20.7 Å². The molecule has 0 radical (unpaired) electrons. The molecule has 0 aliphatic carbocycles. The van der Waals surface area contributed by atoms with Gasteiger partial charge in [0.25, 0.3) is 0 Å². The Morgan fingerprint density at radius 1 is 1.19 bits per heavy atom. The molecule has 0 fully saturated rings. The number of hydrogen-bond donors (Lipinski definition) is 1. The van der Waals surface area contributed by atoms with Gasteiger partial charge in [-0.3, -0.25) is 0 Å². The number of aromatic amines is 1. The summed E-state index contributed by atoms with van der Waals surface area (Å²) in [6.07, 6.45) is 0. The lowest BCUT2D eigenvalue weighted by atomic mass is 10.1. The van der Waals surface area contributed by atoms with Gasteiger partial charge in [-0.25, -0.2) is 8.78 Å². The summed E-state index contributed by atoms with van der Waals surface area (Å²) in [6.45, 7) is 1.94. The number of rotatable bonds is 2. The molecule has 0 saturated carbocycles. The van der Waals surface area contributed by atoms with E-state index in [1.165, 1.54) is 18.2 Å². The van der Waals surface area contributed by atoms with Crippen molar-refractivity contribution in [1.29, 1.82) is 0 Å². The van der Waals surface area contributed by atoms with Crippen LogP contribution in [0.1, 0.15) is 18.5 Å². The molecule has 21 heavy (non-hydrogen) atoms. The van der Waals surface area contributed by atoms with E-state index in [9.17, 15) is 8.78 Å². The first-order valence-corrected chi connectivity index (χ1v) is 7.52. The number of benzene rings is 2. The SMILES string of the molecule is CC(c1ccc(F)cc1)n1c(=S)[nH]c2cc(Br)c(F)cc21. The minimum absolute atomic E-state index is 0.132. The summed E-state index contributed by atoms with van der Waals surface area (Å²) in [6, 6.07) is 9.18. The zero-order valence-electron chi connectivity index (χ0n) is 11.0. The van der Waals surface area contributed by atoms with Crippen molar-refractivity contribution in [3.63, 3.8) is 0 Å². The lowest BCUT2D eigenvalue weighted by Crippen LogP contribution is -2.07. The van der Waals surface area contributed by atoms with E-state index in [0.717, 1.165) is 11.1 Å². The molecule has 0 aliphatic heterocycles. The van der Waals surface area contributed by atoms with Gasteiger partial charge in [0.05, 0.1) is 21.5 Å². The fourth-order valence-corrected chi connectivity index (χ4v) is 3.11. The highest BCUT2D eigenvalue weighted by Gasteiger charge is 2.15. The number of fused-ring (bicyclic) bond motifs is 1. The maximum Gasteiger partial charge on any atom is 0.178 e. The number of H-pyrrole nitrogens is 1. The van der Waals surface area contributed by atoms with Crippen LogP contribution in [0.2, 0.25) is 0 Å². The number of halogens is 3. The second kappa shape index (κ2) is 5.35. The molecule has 108 valence electrons. The summed E-state index contributed by atoms with van der Waals surface area (Å²) in [5, 5.41) is 0. The zero-order valence-corrected chi connectivity index (χ0v) is 13.4. The van der Waals surface area contributed by atoms with Crippen molar-refractivity contribution in [3.05, 3.63) is 62.8 Å². The third kappa shape index (κ3) is 2.53. The normalized spacial score (nSPS) is 12.8. The number of imidazole rings is 1. The van der Waals surface area contributed by atoms with E-state index in [2.05, 4.69) is 20.9 Å². The van der Waals surface area contributed by atoms with Crippen molar-refractivity contribution >= 4 is 39.2 Å². The van der Waals surface area contributed by atoms with Crippen LogP contribution in [0.15, 0.2) is 40.9 Å². The summed E-state index contributed by atoms with van der Waals surface area (Å²) >= 11 is 8.50. The minimum atomic E-state index is -0.350. The van der Waals surface area contributed by atoms with E-state index in [1.54, 1.807) is 18.2 Å². The van der Waals surface area contributed by atoms with Crippen molar-refractivity contribution in [3.8, 4) is 0 Å². The molecular weight excluding hydrogens is 358 g/mol. The van der Waals surface area contributed by atoms with Gasteiger partial charge in [-0.1, -0.05) is 12.1 Å². The Bertz CT molecular complexity index is 868. The van der Waals surface area contributed by atoms with Crippen LogP contribution >= 0.6 is 28.1 Å². The van der Waals surface area contributed by atoms with Gasteiger partial charge in [0.15, 0.2) is 4.77 Å². The van der Waals surface area contributed by atoms with Gasteiger partial charge in [0.1, 0.15) is 11.6 Å². The van der Waals surface area contributed by atoms with Gasteiger partial charge in [-0.15, -0.1) is 0 Å². The van der Waals surface area contributed by atoms with Crippen LogP contribution in [-0.4, -0.2) is 9.55 Å². The largest absolute Gasteiger partial charge is 0.331 e. The number of nitrogens with one attached hydrogen (secondary N) is 1. The first-order chi connectivity index (χ1) is 9.97. The van der Waals surface area contributed by atoms with Crippen molar-refractivity contribution in [1.82, 2.24) is 9.55 Å². The predicted octanol–water partition coefficient (Wildman–Crippen LogP) is 5.35. The summed E-state index contributed by atoms with van der Waals surface area (Å²) in [5.41, 5.74) is 2.33. The van der Waals surface area contributed by atoms with Gasteiger partial charge < -0.3 is 9.55 Å². The van der Waals surface area contributed by atoms with E-state index in [1.807, 2.05) is 11.5 Å². The highest BCUT2D eigenvalue weighted by molar-refractivity contribution is 9.10. The number of hydrogen-bond acceptors (Lipinski definition) is 1. The van der Waals surface area contributed by atoms with E-state index >= 15 is 0 Å². The van der Waals surface area contributed by atoms with Crippen LogP contribution in [0.25, 0.3) is 11.0 Å². The van der Waals surface area contributed by atoms with Gasteiger partial charge in [0.2, 0.25) is 0 Å². The van der Waals surface area contributed by atoms with E-state index in [0.29, 0.717) is 14.8 Å². The quantitative estimate of drug-likeness (QED) is 0.604. The van der Waals surface area contributed by atoms with Crippen LogP contribution in [-0.2, 0) is 0 Å². The van der Waals surface area contributed by atoms with Crippen molar-refractivity contribution in [2.75, 3.05) is 0 Å². The Morgan fingerprint density at radius 3 is 2.52 bits per heavy atom. The van der Waals surface area contributed by atoms with Crippen molar-refractivity contribution < 1.29 is 8.78 Å². The summed E-state index contributed by atoms with van der Waals surface area (Å²) in [5.74, 6) is -0.639. The highest BCUT2D eigenvalue weighted by Crippen LogP contribution is 2.28. The van der Waals surface area contributed by atoms with Gasteiger partial charge >= 0.3 is 0 Å². The minimum Gasteiger partial charge on any atom is -0.331 e. The molecule has 0 spiro atoms. The second-order valence-corrected chi connectivity index (χ2v) is 6.05. The molecule has 0 saturated heterocycles. The molecule has 1 atom stereocenters. The van der Waals surface area contributed by atoms with Crippen LogP contribution in [0.4, 0.5) is 8.78 Å². The van der Waals surface area contributed by atoms with Crippen LogP contribution in [0.5, 0.6) is 0 Å². The van der Waals surface area contributed by atoms with Crippen molar-refractivity contribution in [2.45, 2.75) is 13.0 Å². The zero-order chi connectivity index (χ0) is 15.1. The Hall–Kier alpha value is -1.53. The molecule has 6 heteroatoms. The van der Waals surface area contributed by atoms with Crippen LogP contribution in [0, 0.1) is 16.4 Å². The molecule has 1 unspecified atom stereocenters. The lowest BCUT2D eigenvalue weighted by molar-refractivity contribution is 0.612. The molecule has 0 aliphatic rings. The lowest BCUT2D eigenvalue weighted by Gasteiger charge is -2.15. The molecule has 3 rings (SSSR count). The molecule has 0 amide bonds. The molecule has 1 heterocycles. The first-order valence-electron chi connectivity index (χ1n) is 6.32. The summed E-state index contributed by atoms with van der Waals surface area (Å²) < 4.78 is 29.5. The summed E-state index contributed by atoms with van der Waals surface area (Å²) in [7, 11) is 0. The van der Waals surface area contributed by atoms with Crippen LogP contribution in [0.3, 0.4) is 0 Å². The smallest absolute Gasteiger partial charge is 0.178 e. The molecule has 3 aromatic rings. The fraction of sp³-hybridized carbons (Fsp3) is 0.133. The van der Waals surface area contributed by atoms with Gasteiger partial charge in [-0.05, 0) is 58.8 Å². The summed E-state index contributed by atoms with van der Waals surface area (Å²) in [4.78, 5) is 3.06. The molecule has 1 N–H and O–H groups in total. The monoisotopic (exact) mass is 368 g/mol. The Kier molecular flexibility index (Phi) is 3.67. The maximum atomic E-state index is 13.8. The predicted molar refractivity (Wildman–Crippen MR) is 85.0 cm³/mol. The molecule has 0 bridgehead atoms. The third-order valence-corrected chi connectivity index (χ3v) is 4.40. The Balaban J connectivity index is 2.19. The van der Waals surface area contributed by atoms with Gasteiger partial charge in [-0.2, -0.15) is 0 Å². The molecule has 2 nitrogen and oxygen atoms in total. The molecule has 2 aromatic carbocycles. The van der Waals surface area contributed by atoms with E-state index < -0.39 is 0 Å².